The maximum atomic E-state index is 13.5. The molecule has 0 spiro atoms. The number of piperidine rings is 1. The van der Waals surface area contributed by atoms with Crippen molar-refractivity contribution in [1.29, 1.82) is 10.5 Å². The molecule has 1 saturated carbocycles. The third kappa shape index (κ3) is 5.91. The van der Waals surface area contributed by atoms with E-state index in [1.165, 1.54) is 17.0 Å². The van der Waals surface area contributed by atoms with Gasteiger partial charge in [0.05, 0.1) is 16.5 Å². The van der Waals surface area contributed by atoms with Crippen LogP contribution < -0.4 is 5.32 Å². The van der Waals surface area contributed by atoms with Gasteiger partial charge in [-0.05, 0) is 74.8 Å². The lowest BCUT2D eigenvalue weighted by Gasteiger charge is -2.38. The molecule has 1 saturated heterocycles. The third-order valence-corrected chi connectivity index (χ3v) is 8.41. The molecule has 9 nitrogen and oxygen atoms in total. The highest BCUT2D eigenvalue weighted by Crippen LogP contribution is 2.47. The second kappa shape index (κ2) is 10.3. The van der Waals surface area contributed by atoms with Crippen LogP contribution >= 0.6 is 0 Å². The molecule has 2 bridgehead atoms. The molecule has 2 fully saturated rings. The fraction of sp³-hybridized carbons (Fsp3) is 0.448. The average Bonchev–Trinajstić information content (AvgIpc) is 3.47. The fourth-order valence-electron chi connectivity index (χ4n) is 5.45. The average molecular weight is 549 g/mol. The molecule has 3 atom stereocenters. The summed E-state index contributed by atoms with van der Waals surface area (Å²) in [5.74, 6) is -0.0933. The van der Waals surface area contributed by atoms with Crippen LogP contribution in [0.5, 0.6) is 0 Å². The quantitative estimate of drug-likeness (QED) is 0.576. The lowest BCUT2D eigenvalue weighted by atomic mass is 9.94. The van der Waals surface area contributed by atoms with Crippen LogP contribution in [0.1, 0.15) is 51.2 Å². The van der Waals surface area contributed by atoms with Crippen LogP contribution in [-0.2, 0) is 25.8 Å². The number of fused-ring (bicyclic) bond motifs is 2. The van der Waals surface area contributed by atoms with Crippen molar-refractivity contribution in [3.8, 4) is 23.3 Å². The van der Waals surface area contributed by atoms with Gasteiger partial charge in [-0.15, -0.1) is 0 Å². The Morgan fingerprint density at radius 3 is 2.38 bits per heavy atom. The van der Waals surface area contributed by atoms with Crippen molar-refractivity contribution in [2.24, 2.45) is 5.92 Å². The molecule has 4 rings (SSSR count). The highest BCUT2D eigenvalue weighted by atomic mass is 32.2. The molecule has 0 unspecified atom stereocenters. The largest absolute Gasteiger partial charge is 0.444 e. The summed E-state index contributed by atoms with van der Waals surface area (Å²) in [6.45, 7) is 5.83. The number of nitrogens with zero attached hydrogens (tertiary/aromatic N) is 3. The van der Waals surface area contributed by atoms with Crippen LogP contribution in [0, 0.1) is 28.6 Å². The Morgan fingerprint density at radius 1 is 1.15 bits per heavy atom. The maximum Gasteiger partial charge on any atom is 0.411 e. The normalized spacial score (nSPS) is 21.1. The van der Waals surface area contributed by atoms with Crippen molar-refractivity contribution < 1.29 is 22.7 Å². The van der Waals surface area contributed by atoms with Gasteiger partial charge in [0.1, 0.15) is 23.3 Å². The standard InChI is InChI=1S/C29H32N4O5S/c1-28(2,3)38-27(35)33-18-20-11-12-29(33,15-20)26(34)32-24(17-31)13-19-5-7-21(8-6-19)22-9-10-23(16-30)25(14-22)39(4,36)37/h5-10,14,20,24H,11-13,15,18H2,1-4H3,(H,32,34)/t20-,24-,29+/m0/s1. The Bertz CT molecular complexity index is 1480. The van der Waals surface area contributed by atoms with Crippen LogP contribution in [0.3, 0.4) is 0 Å². The Morgan fingerprint density at radius 2 is 1.82 bits per heavy atom. The van der Waals surface area contributed by atoms with Gasteiger partial charge in [0.2, 0.25) is 5.91 Å². The van der Waals surface area contributed by atoms with E-state index in [1.54, 1.807) is 39.0 Å². The van der Waals surface area contributed by atoms with Gasteiger partial charge in [-0.25, -0.2) is 13.2 Å². The molecule has 10 heteroatoms. The van der Waals surface area contributed by atoms with E-state index in [-0.39, 0.29) is 28.7 Å². The minimum absolute atomic E-state index is 0.0281. The van der Waals surface area contributed by atoms with Gasteiger partial charge < -0.3 is 10.1 Å². The van der Waals surface area contributed by atoms with Crippen molar-refractivity contribution in [2.75, 3.05) is 12.8 Å². The number of ether oxygens (including phenoxy) is 1. The molecule has 204 valence electrons. The van der Waals surface area contributed by atoms with Crippen molar-refractivity contribution in [3.63, 3.8) is 0 Å². The van der Waals surface area contributed by atoms with Crippen LogP contribution in [0.4, 0.5) is 4.79 Å². The number of benzene rings is 2. The van der Waals surface area contributed by atoms with Gasteiger partial charge in [-0.3, -0.25) is 9.69 Å². The van der Waals surface area contributed by atoms with E-state index in [2.05, 4.69) is 11.4 Å². The Labute approximate surface area is 229 Å². The van der Waals surface area contributed by atoms with E-state index in [1.807, 2.05) is 18.2 Å². The van der Waals surface area contributed by atoms with Crippen molar-refractivity contribution in [2.45, 2.75) is 68.5 Å². The summed E-state index contributed by atoms with van der Waals surface area (Å²) in [5.41, 5.74) is 0.608. The zero-order valence-electron chi connectivity index (χ0n) is 22.5. The van der Waals surface area contributed by atoms with E-state index in [0.29, 0.717) is 24.9 Å². The molecule has 1 aliphatic heterocycles. The fourth-order valence-corrected chi connectivity index (χ4v) is 6.30. The van der Waals surface area contributed by atoms with Crippen molar-refractivity contribution in [3.05, 3.63) is 53.6 Å². The van der Waals surface area contributed by atoms with Crippen LogP contribution in [0.15, 0.2) is 47.4 Å². The molecular formula is C29H32N4O5S. The van der Waals surface area contributed by atoms with E-state index in [4.69, 9.17) is 4.74 Å². The number of rotatable bonds is 6. The van der Waals surface area contributed by atoms with Gasteiger partial charge >= 0.3 is 6.09 Å². The first-order valence-electron chi connectivity index (χ1n) is 12.8. The third-order valence-electron chi connectivity index (χ3n) is 7.28. The molecule has 2 aliphatic rings. The molecule has 2 aromatic rings. The molecule has 0 aromatic heterocycles. The Balaban J connectivity index is 1.47. The smallest absolute Gasteiger partial charge is 0.411 e. The molecule has 39 heavy (non-hydrogen) atoms. The van der Waals surface area contributed by atoms with E-state index < -0.39 is 33.1 Å². The van der Waals surface area contributed by atoms with E-state index in [0.717, 1.165) is 23.8 Å². The molecule has 0 radical (unpaired) electrons. The number of nitrogens with one attached hydrogen (secondary N) is 1. The highest BCUT2D eigenvalue weighted by molar-refractivity contribution is 7.90. The lowest BCUT2D eigenvalue weighted by Crippen LogP contribution is -2.59. The molecule has 2 amide bonds. The van der Waals surface area contributed by atoms with Crippen LogP contribution in [-0.4, -0.2) is 55.3 Å². The van der Waals surface area contributed by atoms with Gasteiger partial charge in [-0.1, -0.05) is 30.3 Å². The number of carbonyl (C=O) groups is 2. The summed E-state index contributed by atoms with van der Waals surface area (Å²) in [6.07, 6.45) is 2.76. The predicted molar refractivity (Wildman–Crippen MR) is 144 cm³/mol. The number of sulfone groups is 1. The molecule has 2 aromatic carbocycles. The number of carbonyl (C=O) groups excluding carboxylic acids is 2. The minimum atomic E-state index is -3.58. The van der Waals surface area contributed by atoms with Crippen molar-refractivity contribution in [1.82, 2.24) is 10.2 Å². The highest BCUT2D eigenvalue weighted by Gasteiger charge is 2.58. The Hall–Kier alpha value is -3.89. The predicted octanol–water partition coefficient (Wildman–Crippen LogP) is 3.97. The summed E-state index contributed by atoms with van der Waals surface area (Å²) in [7, 11) is -3.58. The second-order valence-electron chi connectivity index (χ2n) is 11.4. The number of nitriles is 2. The summed E-state index contributed by atoms with van der Waals surface area (Å²) in [6, 6.07) is 15.2. The van der Waals surface area contributed by atoms with Gasteiger partial charge in [0.15, 0.2) is 9.84 Å². The van der Waals surface area contributed by atoms with E-state index in [9.17, 15) is 28.5 Å². The first-order chi connectivity index (χ1) is 18.3. The molecule has 1 heterocycles. The molecule has 1 N–H and O–H groups in total. The number of hydrogen-bond acceptors (Lipinski definition) is 7. The van der Waals surface area contributed by atoms with Crippen LogP contribution in [0.25, 0.3) is 11.1 Å². The number of amides is 2. The first-order valence-corrected chi connectivity index (χ1v) is 14.7. The summed E-state index contributed by atoms with van der Waals surface area (Å²) in [5, 5.41) is 21.9. The summed E-state index contributed by atoms with van der Waals surface area (Å²) < 4.78 is 29.8. The number of hydrogen-bond donors (Lipinski definition) is 1. The summed E-state index contributed by atoms with van der Waals surface area (Å²) in [4.78, 5) is 27.9. The van der Waals surface area contributed by atoms with Gasteiger partial charge in [0.25, 0.3) is 0 Å². The Kier molecular flexibility index (Phi) is 7.46. The van der Waals surface area contributed by atoms with Gasteiger partial charge in [0, 0.05) is 19.2 Å². The number of likely N-dealkylation sites (tertiary alicyclic amines) is 1. The second-order valence-corrected chi connectivity index (χ2v) is 13.4. The monoisotopic (exact) mass is 548 g/mol. The lowest BCUT2D eigenvalue weighted by molar-refractivity contribution is -0.132. The molecule has 1 aliphatic carbocycles. The maximum absolute atomic E-state index is 13.5. The minimum Gasteiger partial charge on any atom is -0.444 e. The first kappa shape index (κ1) is 28.1. The van der Waals surface area contributed by atoms with Crippen LogP contribution in [0.2, 0.25) is 0 Å². The molecular weight excluding hydrogens is 516 g/mol. The zero-order valence-corrected chi connectivity index (χ0v) is 23.3. The SMILES string of the molecule is CC(C)(C)OC(=O)N1C[C@H]2CC[C@]1(C(=O)N[C@H](C#N)Cc1ccc(-c3ccc(C#N)c(S(C)(=O)=O)c3)cc1)C2. The summed E-state index contributed by atoms with van der Waals surface area (Å²) >= 11 is 0. The van der Waals surface area contributed by atoms with E-state index >= 15 is 0 Å². The van der Waals surface area contributed by atoms with Gasteiger partial charge in [-0.2, -0.15) is 10.5 Å². The van der Waals surface area contributed by atoms with Crippen molar-refractivity contribution >= 4 is 21.8 Å². The topological polar surface area (TPSA) is 140 Å². The zero-order chi connectivity index (χ0) is 28.6.